The molecule has 190 valence electrons. The molecule has 5 rings (SSSR count). The topological polar surface area (TPSA) is 105 Å². The van der Waals surface area contributed by atoms with E-state index in [-0.39, 0.29) is 18.2 Å². The Morgan fingerprint density at radius 3 is 2.61 bits per heavy atom. The molecule has 36 heavy (non-hydrogen) atoms. The van der Waals surface area contributed by atoms with Crippen LogP contribution in [0.5, 0.6) is 17.6 Å². The second-order valence-electron chi connectivity index (χ2n) is 10.3. The van der Waals surface area contributed by atoms with Crippen LogP contribution in [0.15, 0.2) is 30.5 Å². The molecule has 0 saturated heterocycles. The maximum atomic E-state index is 12.0. The van der Waals surface area contributed by atoms with Gasteiger partial charge in [-0.2, -0.15) is 9.97 Å². The van der Waals surface area contributed by atoms with E-state index in [9.17, 15) is 4.79 Å². The third-order valence-electron chi connectivity index (χ3n) is 6.28. The predicted molar refractivity (Wildman–Crippen MR) is 135 cm³/mol. The van der Waals surface area contributed by atoms with Gasteiger partial charge in [0.25, 0.3) is 5.88 Å². The van der Waals surface area contributed by atoms with Gasteiger partial charge in [0.1, 0.15) is 24.9 Å². The summed E-state index contributed by atoms with van der Waals surface area (Å²) >= 11 is 0. The molecule has 1 amide bonds. The summed E-state index contributed by atoms with van der Waals surface area (Å²) in [6.07, 6.45) is 4.64. The fourth-order valence-electron chi connectivity index (χ4n) is 4.60. The van der Waals surface area contributed by atoms with Crippen molar-refractivity contribution in [2.45, 2.75) is 71.1 Å². The van der Waals surface area contributed by atoms with Gasteiger partial charge in [0.05, 0.1) is 11.2 Å². The number of aryl methyl sites for hydroxylation is 1. The largest absolute Gasteiger partial charge is 0.484 e. The molecule has 1 fully saturated rings. The Morgan fingerprint density at radius 2 is 1.83 bits per heavy atom. The van der Waals surface area contributed by atoms with Gasteiger partial charge in [0, 0.05) is 23.2 Å². The fraction of sp³-hybridized carbons (Fsp3) is 0.481. The summed E-state index contributed by atoms with van der Waals surface area (Å²) in [4.78, 5) is 25.6. The van der Waals surface area contributed by atoms with E-state index in [1.165, 1.54) is 0 Å². The molecule has 0 spiro atoms. The standard InChI is InChI=1S/C27H32N4O5/c1-16-21-15-17(20-11-12-28-24-23(20)33-13-14-34-24)5-10-22(21)31-25(29-16)35-19-8-6-18(7-9-19)30-26(32)36-27(2,3)4/h5,10-12,15,18-19H,6-9,13-14H2,1-4H3,(H,30,32). The molecule has 9 nitrogen and oxygen atoms in total. The summed E-state index contributed by atoms with van der Waals surface area (Å²) in [7, 11) is 0. The number of nitrogens with zero attached hydrogens (tertiary/aromatic N) is 3. The van der Waals surface area contributed by atoms with Crippen molar-refractivity contribution in [2.24, 2.45) is 0 Å². The zero-order chi connectivity index (χ0) is 25.3. The van der Waals surface area contributed by atoms with E-state index in [4.69, 9.17) is 18.9 Å². The van der Waals surface area contributed by atoms with Gasteiger partial charge in [0.15, 0.2) is 5.75 Å². The smallest absolute Gasteiger partial charge is 0.407 e. The quantitative estimate of drug-likeness (QED) is 0.543. The van der Waals surface area contributed by atoms with Crippen molar-refractivity contribution in [3.8, 4) is 28.8 Å². The maximum absolute atomic E-state index is 12.0. The van der Waals surface area contributed by atoms with Crippen molar-refractivity contribution in [3.63, 3.8) is 0 Å². The Bertz CT molecular complexity index is 1260. The molecular weight excluding hydrogens is 460 g/mol. The number of hydrogen-bond donors (Lipinski definition) is 1. The molecule has 1 N–H and O–H groups in total. The molecule has 3 heterocycles. The zero-order valence-corrected chi connectivity index (χ0v) is 21.2. The molecule has 2 aromatic heterocycles. The van der Waals surface area contributed by atoms with E-state index >= 15 is 0 Å². The monoisotopic (exact) mass is 492 g/mol. The minimum absolute atomic E-state index is 0.0123. The average Bonchev–Trinajstić information content (AvgIpc) is 2.84. The first-order valence-electron chi connectivity index (χ1n) is 12.4. The van der Waals surface area contributed by atoms with Crippen LogP contribution in [0.3, 0.4) is 0 Å². The molecule has 0 bridgehead atoms. The number of carbonyl (C=O) groups is 1. The van der Waals surface area contributed by atoms with Crippen LogP contribution in [0.4, 0.5) is 4.79 Å². The van der Waals surface area contributed by atoms with Crippen LogP contribution in [0.2, 0.25) is 0 Å². The van der Waals surface area contributed by atoms with Crippen LogP contribution in [-0.4, -0.2) is 52.0 Å². The van der Waals surface area contributed by atoms with Gasteiger partial charge in [-0.1, -0.05) is 6.07 Å². The molecule has 0 radical (unpaired) electrons. The van der Waals surface area contributed by atoms with Gasteiger partial charge in [0.2, 0.25) is 0 Å². The highest BCUT2D eigenvalue weighted by atomic mass is 16.6. The van der Waals surface area contributed by atoms with Crippen LogP contribution in [-0.2, 0) is 4.74 Å². The van der Waals surface area contributed by atoms with E-state index in [2.05, 4.69) is 26.3 Å². The van der Waals surface area contributed by atoms with Gasteiger partial charge in [-0.25, -0.2) is 9.78 Å². The van der Waals surface area contributed by atoms with E-state index in [0.29, 0.717) is 30.9 Å². The molecule has 0 atom stereocenters. The van der Waals surface area contributed by atoms with E-state index in [1.807, 2.05) is 45.9 Å². The van der Waals surface area contributed by atoms with E-state index in [1.54, 1.807) is 6.20 Å². The number of hydrogen-bond acceptors (Lipinski definition) is 8. The molecule has 9 heteroatoms. The van der Waals surface area contributed by atoms with Crippen LogP contribution >= 0.6 is 0 Å². The third kappa shape index (κ3) is 5.45. The minimum Gasteiger partial charge on any atom is -0.484 e. The predicted octanol–water partition coefficient (Wildman–Crippen LogP) is 4.99. The zero-order valence-electron chi connectivity index (χ0n) is 21.2. The van der Waals surface area contributed by atoms with E-state index < -0.39 is 5.60 Å². The number of nitrogens with one attached hydrogen (secondary N) is 1. The number of carbonyl (C=O) groups excluding carboxylic acids is 1. The maximum Gasteiger partial charge on any atom is 0.407 e. The summed E-state index contributed by atoms with van der Waals surface area (Å²) in [5.74, 6) is 1.19. The van der Waals surface area contributed by atoms with Gasteiger partial charge < -0.3 is 24.3 Å². The van der Waals surface area contributed by atoms with Crippen molar-refractivity contribution >= 4 is 17.0 Å². The Morgan fingerprint density at radius 1 is 1.06 bits per heavy atom. The highest BCUT2D eigenvalue weighted by Crippen LogP contribution is 2.39. The summed E-state index contributed by atoms with van der Waals surface area (Å²) in [5, 5.41) is 3.91. The molecule has 1 aliphatic heterocycles. The summed E-state index contributed by atoms with van der Waals surface area (Å²) in [6.45, 7) is 8.54. The summed E-state index contributed by atoms with van der Waals surface area (Å²) in [5.41, 5.74) is 3.08. The van der Waals surface area contributed by atoms with Gasteiger partial charge in [-0.15, -0.1) is 0 Å². The van der Waals surface area contributed by atoms with Gasteiger partial charge >= 0.3 is 12.1 Å². The van der Waals surface area contributed by atoms with Gasteiger partial charge in [-0.05, 0) is 77.1 Å². The first-order chi connectivity index (χ1) is 17.2. The number of ether oxygens (including phenoxy) is 4. The van der Waals surface area contributed by atoms with Crippen molar-refractivity contribution in [3.05, 3.63) is 36.2 Å². The molecule has 3 aromatic rings. The Labute approximate surface area is 210 Å². The lowest BCUT2D eigenvalue weighted by Crippen LogP contribution is -2.42. The first kappa shape index (κ1) is 24.1. The molecule has 0 unspecified atom stereocenters. The third-order valence-corrected chi connectivity index (χ3v) is 6.28. The van der Waals surface area contributed by atoms with Crippen molar-refractivity contribution in [1.29, 1.82) is 0 Å². The summed E-state index contributed by atoms with van der Waals surface area (Å²) in [6, 6.07) is 8.45. The van der Waals surface area contributed by atoms with Gasteiger partial charge in [-0.3, -0.25) is 0 Å². The number of benzene rings is 1. The van der Waals surface area contributed by atoms with Crippen LogP contribution < -0.4 is 19.5 Å². The molecule has 2 aliphatic rings. The number of amides is 1. The molecular formula is C27H32N4O5. The second kappa shape index (κ2) is 9.79. The normalized spacial score (nSPS) is 19.6. The van der Waals surface area contributed by atoms with E-state index in [0.717, 1.165) is 53.4 Å². The lowest BCUT2D eigenvalue weighted by atomic mass is 9.93. The second-order valence-corrected chi connectivity index (χ2v) is 10.3. The van der Waals surface area contributed by atoms with Crippen LogP contribution in [0.1, 0.15) is 52.1 Å². The molecule has 1 aromatic carbocycles. The lowest BCUT2D eigenvalue weighted by molar-refractivity contribution is 0.0467. The average molecular weight is 493 g/mol. The number of fused-ring (bicyclic) bond motifs is 2. The van der Waals surface area contributed by atoms with Crippen LogP contribution in [0, 0.1) is 6.92 Å². The highest BCUT2D eigenvalue weighted by Gasteiger charge is 2.26. The molecule has 1 saturated carbocycles. The highest BCUT2D eigenvalue weighted by molar-refractivity contribution is 5.88. The van der Waals surface area contributed by atoms with Crippen LogP contribution in [0.25, 0.3) is 22.0 Å². The summed E-state index contributed by atoms with van der Waals surface area (Å²) < 4.78 is 23.0. The number of aromatic nitrogens is 3. The van der Waals surface area contributed by atoms with Crippen molar-refractivity contribution in [2.75, 3.05) is 13.2 Å². The first-order valence-corrected chi connectivity index (χ1v) is 12.4. The number of pyridine rings is 1. The van der Waals surface area contributed by atoms with Crippen molar-refractivity contribution in [1.82, 2.24) is 20.3 Å². The lowest BCUT2D eigenvalue weighted by Gasteiger charge is -2.30. The fourth-order valence-corrected chi connectivity index (χ4v) is 4.60. The van der Waals surface area contributed by atoms with Crippen molar-refractivity contribution < 1.29 is 23.7 Å². The Balaban J connectivity index is 1.26. The SMILES string of the molecule is Cc1nc(OC2CCC(NC(=O)OC(C)(C)C)CC2)nc2ccc(-c3ccnc4c3OCCO4)cc12. The number of alkyl carbamates (subject to hydrolysis) is 1. The number of rotatable bonds is 4. The minimum atomic E-state index is -0.504. The Kier molecular flexibility index (Phi) is 6.55. The molecule has 1 aliphatic carbocycles. The Hall–Kier alpha value is -3.62.